The summed E-state index contributed by atoms with van der Waals surface area (Å²) >= 11 is 18.3. The first kappa shape index (κ1) is 15.3. The zero-order valence-corrected chi connectivity index (χ0v) is 13.1. The fraction of sp³-hybridized carbons (Fsp3) is 0.200. The third kappa shape index (κ3) is 3.51. The molecule has 2 rings (SSSR count). The van der Waals surface area contributed by atoms with Gasteiger partial charge in [-0.1, -0.05) is 53.9 Å². The van der Waals surface area contributed by atoms with Crippen molar-refractivity contribution in [2.45, 2.75) is 19.4 Å². The predicted molar refractivity (Wildman–Crippen MR) is 86.2 cm³/mol. The molecular weight excluding hydrogens is 317 g/mol. The lowest BCUT2D eigenvalue weighted by atomic mass is 10.0. The number of aromatic hydroxyl groups is 1. The molecule has 0 heterocycles. The van der Waals surface area contributed by atoms with Crippen molar-refractivity contribution in [1.29, 1.82) is 0 Å². The van der Waals surface area contributed by atoms with Gasteiger partial charge in [-0.2, -0.15) is 0 Å². The monoisotopic (exact) mass is 329 g/mol. The number of hydrogen-bond acceptors (Lipinski definition) is 2. The first-order chi connectivity index (χ1) is 9.51. The van der Waals surface area contributed by atoms with Crippen molar-refractivity contribution in [3.63, 3.8) is 0 Å². The maximum Gasteiger partial charge on any atom is 0.115 e. The van der Waals surface area contributed by atoms with Gasteiger partial charge in [0.1, 0.15) is 5.75 Å². The summed E-state index contributed by atoms with van der Waals surface area (Å²) in [6.45, 7) is 2.06. The largest absolute Gasteiger partial charge is 0.508 e. The lowest BCUT2D eigenvalue weighted by Gasteiger charge is -2.21. The molecule has 0 radical (unpaired) electrons. The third-order valence-corrected chi connectivity index (χ3v) is 3.84. The highest BCUT2D eigenvalue weighted by Gasteiger charge is 2.14. The number of halogens is 3. The summed E-state index contributed by atoms with van der Waals surface area (Å²) in [5.41, 5.74) is 1.71. The molecular formula is C15H14Cl3NO. The Labute approximate surface area is 133 Å². The lowest BCUT2D eigenvalue weighted by molar-refractivity contribution is 0.475. The number of phenolic OH excluding ortho intramolecular Hbond substituents is 1. The van der Waals surface area contributed by atoms with E-state index in [9.17, 15) is 5.11 Å². The molecule has 0 saturated carbocycles. The molecule has 5 heteroatoms. The normalized spacial score (nSPS) is 12.2. The van der Waals surface area contributed by atoms with Crippen LogP contribution in [0.3, 0.4) is 0 Å². The standard InChI is InChI=1S/C15H14Cl3NO/c1-2-14(9-3-5-11(20)6-4-9)19-15-12(17)7-10(16)8-13(15)18/h3-8,14,19-20H,2H2,1H3. The number of phenols is 1. The van der Waals surface area contributed by atoms with Crippen molar-refractivity contribution < 1.29 is 5.11 Å². The van der Waals surface area contributed by atoms with Crippen molar-refractivity contribution >= 4 is 40.5 Å². The van der Waals surface area contributed by atoms with Crippen LogP contribution in [0.25, 0.3) is 0 Å². The number of nitrogens with one attached hydrogen (secondary N) is 1. The smallest absolute Gasteiger partial charge is 0.115 e. The summed E-state index contributed by atoms with van der Waals surface area (Å²) in [6, 6.07) is 10.4. The Balaban J connectivity index is 2.29. The van der Waals surface area contributed by atoms with Gasteiger partial charge in [-0.25, -0.2) is 0 Å². The van der Waals surface area contributed by atoms with Gasteiger partial charge in [-0.05, 0) is 36.2 Å². The van der Waals surface area contributed by atoms with Crippen LogP contribution >= 0.6 is 34.8 Å². The summed E-state index contributed by atoms with van der Waals surface area (Å²) < 4.78 is 0. The molecule has 0 aliphatic carbocycles. The van der Waals surface area contributed by atoms with Crippen LogP contribution in [0.1, 0.15) is 24.9 Å². The first-order valence-corrected chi connectivity index (χ1v) is 7.34. The summed E-state index contributed by atoms with van der Waals surface area (Å²) in [5, 5.41) is 14.1. The molecule has 2 N–H and O–H groups in total. The average molecular weight is 331 g/mol. The minimum Gasteiger partial charge on any atom is -0.508 e. The number of anilines is 1. The molecule has 106 valence electrons. The van der Waals surface area contributed by atoms with Gasteiger partial charge < -0.3 is 10.4 Å². The molecule has 2 aromatic rings. The topological polar surface area (TPSA) is 32.3 Å². The van der Waals surface area contributed by atoms with E-state index in [4.69, 9.17) is 34.8 Å². The molecule has 0 bridgehead atoms. The molecule has 0 aliphatic heterocycles. The van der Waals surface area contributed by atoms with E-state index in [1.807, 2.05) is 12.1 Å². The second kappa shape index (κ2) is 6.57. The van der Waals surface area contributed by atoms with Gasteiger partial charge in [0.05, 0.1) is 21.8 Å². The van der Waals surface area contributed by atoms with Crippen LogP contribution in [-0.4, -0.2) is 5.11 Å². The van der Waals surface area contributed by atoms with E-state index >= 15 is 0 Å². The van der Waals surface area contributed by atoms with E-state index in [-0.39, 0.29) is 11.8 Å². The third-order valence-electron chi connectivity index (χ3n) is 3.03. The maximum absolute atomic E-state index is 9.34. The second-order valence-corrected chi connectivity index (χ2v) is 5.69. The van der Waals surface area contributed by atoms with Crippen molar-refractivity contribution in [2.24, 2.45) is 0 Å². The highest BCUT2D eigenvalue weighted by molar-refractivity contribution is 6.41. The zero-order chi connectivity index (χ0) is 14.7. The molecule has 2 aromatic carbocycles. The molecule has 2 nitrogen and oxygen atoms in total. The Morgan fingerprint density at radius 3 is 2.10 bits per heavy atom. The van der Waals surface area contributed by atoms with Gasteiger partial charge in [0.2, 0.25) is 0 Å². The molecule has 20 heavy (non-hydrogen) atoms. The van der Waals surface area contributed by atoms with E-state index in [2.05, 4.69) is 12.2 Å². The van der Waals surface area contributed by atoms with Crippen LogP contribution in [-0.2, 0) is 0 Å². The quantitative estimate of drug-likeness (QED) is 0.729. The van der Waals surface area contributed by atoms with Crippen LogP contribution in [0.15, 0.2) is 36.4 Å². The Morgan fingerprint density at radius 1 is 1.05 bits per heavy atom. The van der Waals surface area contributed by atoms with E-state index in [1.54, 1.807) is 24.3 Å². The number of rotatable bonds is 4. The van der Waals surface area contributed by atoms with E-state index in [0.29, 0.717) is 20.8 Å². The fourth-order valence-corrected chi connectivity index (χ4v) is 2.91. The van der Waals surface area contributed by atoms with Gasteiger partial charge in [-0.3, -0.25) is 0 Å². The molecule has 1 atom stereocenters. The fourth-order valence-electron chi connectivity index (χ4n) is 1.98. The van der Waals surface area contributed by atoms with Gasteiger partial charge >= 0.3 is 0 Å². The van der Waals surface area contributed by atoms with Crippen LogP contribution in [0.2, 0.25) is 15.1 Å². The predicted octanol–water partition coefficient (Wildman–Crippen LogP) is 5.92. The summed E-state index contributed by atoms with van der Waals surface area (Å²) in [4.78, 5) is 0. The minimum atomic E-state index is 0.0479. The summed E-state index contributed by atoms with van der Waals surface area (Å²) in [7, 11) is 0. The molecule has 0 aliphatic rings. The van der Waals surface area contributed by atoms with Crippen molar-refractivity contribution in [3.8, 4) is 5.75 Å². The highest BCUT2D eigenvalue weighted by atomic mass is 35.5. The highest BCUT2D eigenvalue weighted by Crippen LogP contribution is 2.36. The molecule has 0 spiro atoms. The Hall–Kier alpha value is -1.09. The summed E-state index contributed by atoms with van der Waals surface area (Å²) in [6.07, 6.45) is 0.847. The van der Waals surface area contributed by atoms with Crippen LogP contribution in [0, 0.1) is 0 Å². The van der Waals surface area contributed by atoms with Gasteiger partial charge in [0.25, 0.3) is 0 Å². The zero-order valence-electron chi connectivity index (χ0n) is 10.8. The Kier molecular flexibility index (Phi) is 5.03. The maximum atomic E-state index is 9.34. The average Bonchev–Trinajstić information content (AvgIpc) is 2.39. The van der Waals surface area contributed by atoms with Crippen LogP contribution in [0.5, 0.6) is 5.75 Å². The summed E-state index contributed by atoms with van der Waals surface area (Å²) in [5.74, 6) is 0.242. The van der Waals surface area contributed by atoms with Crippen molar-refractivity contribution in [2.75, 3.05) is 5.32 Å². The Bertz CT molecular complexity index is 576. The van der Waals surface area contributed by atoms with Gasteiger partial charge in [0, 0.05) is 5.02 Å². The van der Waals surface area contributed by atoms with Gasteiger partial charge in [0.15, 0.2) is 0 Å². The molecule has 0 saturated heterocycles. The van der Waals surface area contributed by atoms with E-state index in [0.717, 1.165) is 12.0 Å². The molecule has 1 unspecified atom stereocenters. The van der Waals surface area contributed by atoms with Crippen LogP contribution < -0.4 is 5.32 Å². The lowest BCUT2D eigenvalue weighted by Crippen LogP contribution is -2.10. The van der Waals surface area contributed by atoms with Crippen molar-refractivity contribution in [3.05, 3.63) is 57.0 Å². The number of hydrogen-bond donors (Lipinski definition) is 2. The number of benzene rings is 2. The van der Waals surface area contributed by atoms with Crippen molar-refractivity contribution in [1.82, 2.24) is 0 Å². The SMILES string of the molecule is CCC(Nc1c(Cl)cc(Cl)cc1Cl)c1ccc(O)cc1. The van der Waals surface area contributed by atoms with Crippen LogP contribution in [0.4, 0.5) is 5.69 Å². The minimum absolute atomic E-state index is 0.0479. The molecule has 0 aromatic heterocycles. The second-order valence-electron chi connectivity index (χ2n) is 4.44. The Morgan fingerprint density at radius 2 is 1.60 bits per heavy atom. The molecule has 0 fully saturated rings. The molecule has 0 amide bonds. The van der Waals surface area contributed by atoms with Gasteiger partial charge in [-0.15, -0.1) is 0 Å². The van der Waals surface area contributed by atoms with E-state index in [1.165, 1.54) is 0 Å². The first-order valence-electron chi connectivity index (χ1n) is 6.21. The van der Waals surface area contributed by atoms with E-state index < -0.39 is 0 Å².